The van der Waals surface area contributed by atoms with Crippen LogP contribution in [-0.2, 0) is 15.3 Å². The largest absolute Gasteiger partial charge is 0.297 e. The molecule has 6 heteroatoms. The van der Waals surface area contributed by atoms with Gasteiger partial charge in [-0.25, -0.2) is 8.42 Å². The molecule has 24 heavy (non-hydrogen) atoms. The third-order valence-electron chi connectivity index (χ3n) is 3.63. The maximum absolute atomic E-state index is 12.6. The summed E-state index contributed by atoms with van der Waals surface area (Å²) in [4.78, 5) is 12.7. The van der Waals surface area contributed by atoms with Crippen LogP contribution in [-0.4, -0.2) is 20.0 Å². The molecule has 1 aromatic carbocycles. The van der Waals surface area contributed by atoms with Crippen molar-refractivity contribution in [3.8, 4) is 0 Å². The highest BCUT2D eigenvalue weighted by atomic mass is 32.2. The highest BCUT2D eigenvalue weighted by Crippen LogP contribution is 2.37. The van der Waals surface area contributed by atoms with Crippen molar-refractivity contribution < 1.29 is 13.2 Å². The van der Waals surface area contributed by atoms with Gasteiger partial charge in [0.15, 0.2) is 16.1 Å². The Hall–Kier alpha value is -1.11. The van der Waals surface area contributed by atoms with Crippen LogP contribution in [0.2, 0.25) is 0 Å². The van der Waals surface area contributed by atoms with E-state index < -0.39 is 15.1 Å². The van der Waals surface area contributed by atoms with E-state index in [4.69, 9.17) is 0 Å². The smallest absolute Gasteiger partial charge is 0.180 e. The fraction of sp³-hybridized carbons (Fsp3) is 0.389. The maximum Gasteiger partial charge on any atom is 0.180 e. The van der Waals surface area contributed by atoms with Crippen molar-refractivity contribution in [3.63, 3.8) is 0 Å². The van der Waals surface area contributed by atoms with Crippen LogP contribution in [0.15, 0.2) is 44.3 Å². The maximum atomic E-state index is 12.6. The van der Waals surface area contributed by atoms with Gasteiger partial charge in [0, 0.05) is 4.90 Å². The van der Waals surface area contributed by atoms with E-state index in [0.717, 1.165) is 21.0 Å². The Morgan fingerprint density at radius 1 is 1.12 bits per heavy atom. The monoisotopic (exact) mass is 382 g/mol. The Morgan fingerprint density at radius 2 is 1.79 bits per heavy atom. The normalized spacial score (nSPS) is 12.6. The molecule has 0 spiro atoms. The van der Waals surface area contributed by atoms with E-state index in [9.17, 15) is 13.2 Å². The van der Waals surface area contributed by atoms with E-state index in [-0.39, 0.29) is 5.41 Å². The predicted molar refractivity (Wildman–Crippen MR) is 101 cm³/mol. The lowest BCUT2D eigenvalue weighted by Crippen LogP contribution is -2.17. The first-order valence-corrected chi connectivity index (χ1v) is 10.8. The molecule has 0 radical (unpaired) electrons. The van der Waals surface area contributed by atoms with Gasteiger partial charge >= 0.3 is 0 Å². The van der Waals surface area contributed by atoms with Gasteiger partial charge in [-0.05, 0) is 55.2 Å². The van der Waals surface area contributed by atoms with E-state index in [1.54, 1.807) is 32.0 Å². The van der Waals surface area contributed by atoms with Gasteiger partial charge in [-0.2, -0.15) is 0 Å². The predicted octanol–water partition coefficient (Wildman–Crippen LogP) is 5.19. The lowest BCUT2D eigenvalue weighted by atomic mass is 9.87. The zero-order chi connectivity index (χ0) is 18.1. The molecule has 0 bridgehead atoms. The van der Waals surface area contributed by atoms with Gasteiger partial charge in [-0.3, -0.25) is 4.79 Å². The van der Waals surface area contributed by atoms with Crippen LogP contribution in [0.1, 0.15) is 49.9 Å². The summed E-state index contributed by atoms with van der Waals surface area (Å²) in [6.45, 7) is 9.59. The molecule has 0 saturated heterocycles. The van der Waals surface area contributed by atoms with Crippen molar-refractivity contribution in [2.24, 2.45) is 0 Å². The van der Waals surface area contributed by atoms with Gasteiger partial charge in [0.05, 0.1) is 19.2 Å². The molecule has 0 aliphatic heterocycles. The standard InChI is InChI=1S/C18H22O3S3/c1-12(2)24(20,21)16-9-13(18(3,4)5)8-15(10-16)23-17-7-6-14(11-19)22-17/h6-12H,1-5H3. The third-order valence-corrected chi connectivity index (χ3v) is 7.88. The van der Waals surface area contributed by atoms with Gasteiger partial charge in [-0.15, -0.1) is 11.3 Å². The van der Waals surface area contributed by atoms with Crippen molar-refractivity contribution >= 4 is 39.2 Å². The minimum Gasteiger partial charge on any atom is -0.297 e. The summed E-state index contributed by atoms with van der Waals surface area (Å²) in [7, 11) is -3.34. The summed E-state index contributed by atoms with van der Waals surface area (Å²) in [6, 6.07) is 9.21. The fourth-order valence-corrected chi connectivity index (χ4v) is 5.31. The van der Waals surface area contributed by atoms with Crippen LogP contribution < -0.4 is 0 Å². The van der Waals surface area contributed by atoms with Crippen LogP contribution >= 0.6 is 23.1 Å². The summed E-state index contributed by atoms with van der Waals surface area (Å²) >= 11 is 2.90. The minimum atomic E-state index is -3.34. The minimum absolute atomic E-state index is 0.152. The molecule has 0 fully saturated rings. The summed E-state index contributed by atoms with van der Waals surface area (Å²) in [5.74, 6) is 0. The number of carbonyl (C=O) groups excluding carboxylic acids is 1. The van der Waals surface area contributed by atoms with E-state index in [1.807, 2.05) is 12.1 Å². The lowest BCUT2D eigenvalue weighted by molar-refractivity contribution is 0.112. The summed E-state index contributed by atoms with van der Waals surface area (Å²) in [6.07, 6.45) is 0.828. The van der Waals surface area contributed by atoms with Crippen LogP contribution in [0.4, 0.5) is 0 Å². The lowest BCUT2D eigenvalue weighted by Gasteiger charge is -2.21. The number of hydrogen-bond acceptors (Lipinski definition) is 5. The Morgan fingerprint density at radius 3 is 2.29 bits per heavy atom. The zero-order valence-corrected chi connectivity index (χ0v) is 16.9. The first kappa shape index (κ1) is 19.2. The molecule has 130 valence electrons. The molecule has 1 heterocycles. The van der Waals surface area contributed by atoms with Gasteiger partial charge in [-0.1, -0.05) is 32.5 Å². The average Bonchev–Trinajstić information content (AvgIpc) is 2.93. The van der Waals surface area contributed by atoms with Crippen LogP contribution in [0.3, 0.4) is 0 Å². The Balaban J connectivity index is 2.52. The quantitative estimate of drug-likeness (QED) is 0.668. The van der Waals surface area contributed by atoms with E-state index in [2.05, 4.69) is 20.8 Å². The van der Waals surface area contributed by atoms with E-state index in [1.165, 1.54) is 23.1 Å². The molecule has 2 aromatic rings. The van der Waals surface area contributed by atoms with Crippen molar-refractivity contribution in [1.29, 1.82) is 0 Å². The summed E-state index contributed by atoms with van der Waals surface area (Å²) in [5, 5.41) is -0.464. The molecule has 0 amide bonds. The molecule has 0 atom stereocenters. The average molecular weight is 383 g/mol. The molecular weight excluding hydrogens is 360 g/mol. The number of aldehydes is 1. The molecule has 0 aliphatic rings. The second kappa shape index (κ2) is 7.02. The Labute approximate surface area is 152 Å². The molecule has 0 saturated carbocycles. The molecule has 0 N–H and O–H groups in total. The molecule has 3 nitrogen and oxygen atoms in total. The first-order valence-electron chi connectivity index (χ1n) is 7.66. The number of rotatable bonds is 5. The van der Waals surface area contributed by atoms with Crippen LogP contribution in [0.25, 0.3) is 0 Å². The molecule has 0 aliphatic carbocycles. The van der Waals surface area contributed by atoms with Gasteiger partial charge < -0.3 is 0 Å². The van der Waals surface area contributed by atoms with Crippen molar-refractivity contribution in [1.82, 2.24) is 0 Å². The Kier molecular flexibility index (Phi) is 5.62. The number of hydrogen-bond donors (Lipinski definition) is 0. The van der Waals surface area contributed by atoms with Gasteiger partial charge in [0.2, 0.25) is 0 Å². The topological polar surface area (TPSA) is 51.2 Å². The first-order chi connectivity index (χ1) is 11.0. The second-order valence-corrected chi connectivity index (χ2v) is 11.9. The highest BCUT2D eigenvalue weighted by Gasteiger charge is 2.23. The van der Waals surface area contributed by atoms with Crippen LogP contribution in [0, 0.1) is 0 Å². The third kappa shape index (κ3) is 4.29. The van der Waals surface area contributed by atoms with E-state index >= 15 is 0 Å². The zero-order valence-electron chi connectivity index (χ0n) is 14.5. The van der Waals surface area contributed by atoms with Crippen LogP contribution in [0.5, 0.6) is 0 Å². The van der Waals surface area contributed by atoms with Crippen molar-refractivity contribution in [3.05, 3.63) is 40.8 Å². The summed E-state index contributed by atoms with van der Waals surface area (Å²) in [5.41, 5.74) is 0.834. The van der Waals surface area contributed by atoms with Crippen molar-refractivity contribution in [2.45, 2.75) is 59.3 Å². The van der Waals surface area contributed by atoms with Gasteiger partial charge in [0.1, 0.15) is 0 Å². The Bertz CT molecular complexity index is 841. The fourth-order valence-electron chi connectivity index (χ4n) is 2.07. The number of sulfone groups is 1. The van der Waals surface area contributed by atoms with Crippen molar-refractivity contribution in [2.75, 3.05) is 0 Å². The number of thiophene rings is 1. The SMILES string of the molecule is CC(C)S(=O)(=O)c1cc(Sc2ccc(C=O)s2)cc(C(C)(C)C)c1. The summed E-state index contributed by atoms with van der Waals surface area (Å²) < 4.78 is 26.2. The molecular formula is C18H22O3S3. The number of carbonyl (C=O) groups is 1. The van der Waals surface area contributed by atoms with E-state index in [0.29, 0.717) is 9.77 Å². The second-order valence-electron chi connectivity index (χ2n) is 6.91. The molecule has 0 unspecified atom stereocenters. The number of benzene rings is 1. The highest BCUT2D eigenvalue weighted by molar-refractivity contribution is 8.01. The molecule has 1 aromatic heterocycles. The molecule has 2 rings (SSSR count). The van der Waals surface area contributed by atoms with Gasteiger partial charge in [0.25, 0.3) is 0 Å².